The van der Waals surface area contributed by atoms with E-state index in [1.807, 2.05) is 18.2 Å². The maximum absolute atomic E-state index is 10.1. The van der Waals surface area contributed by atoms with Crippen molar-refractivity contribution in [2.45, 2.75) is 4.90 Å². The average Bonchev–Trinajstić information content (AvgIpc) is 2.62. The van der Waals surface area contributed by atoms with E-state index in [9.17, 15) is 10.2 Å². The Balaban J connectivity index is 0.00000243. The summed E-state index contributed by atoms with van der Waals surface area (Å²) in [4.78, 5) is 0.410. The van der Waals surface area contributed by atoms with E-state index in [2.05, 4.69) is 19.6 Å². The van der Waals surface area contributed by atoms with E-state index < -0.39 is 0 Å². The van der Waals surface area contributed by atoms with Crippen molar-refractivity contribution in [3.63, 3.8) is 0 Å². The number of hydrogen-bond acceptors (Lipinski definition) is 8. The van der Waals surface area contributed by atoms with Gasteiger partial charge in [-0.1, -0.05) is 47.0 Å². The van der Waals surface area contributed by atoms with Gasteiger partial charge in [-0.05, 0) is 23.6 Å². The second kappa shape index (κ2) is 9.18. The van der Waals surface area contributed by atoms with Crippen LogP contribution in [0.3, 0.4) is 0 Å². The van der Waals surface area contributed by atoms with Crippen molar-refractivity contribution in [3.8, 4) is 11.5 Å². The average molecular weight is 437 g/mol. The molecule has 138 valence electrons. The number of nitrogens with zero attached hydrogens (tertiary/aromatic N) is 2. The van der Waals surface area contributed by atoms with Crippen LogP contribution in [0.1, 0.15) is 0 Å². The molecule has 0 heterocycles. The van der Waals surface area contributed by atoms with Crippen LogP contribution in [-0.2, 0) is 25.9 Å². The minimum absolute atomic E-state index is 0. The molecule has 3 aromatic rings. The number of aromatic hydroxyl groups is 2. The van der Waals surface area contributed by atoms with Gasteiger partial charge in [0, 0.05) is 26.8 Å². The van der Waals surface area contributed by atoms with Crippen LogP contribution in [0.15, 0.2) is 63.7 Å². The van der Waals surface area contributed by atoms with Crippen LogP contribution >= 0.6 is 23.6 Å². The first-order valence-electron chi connectivity index (χ1n) is 6.90. The first kappa shape index (κ1) is 20.4. The molecule has 26 heavy (non-hydrogen) atoms. The minimum Gasteiger partial charge on any atom is -0.506 e. The van der Waals surface area contributed by atoms with Crippen molar-refractivity contribution in [1.29, 1.82) is 0 Å². The molecule has 0 aromatic heterocycles. The van der Waals surface area contributed by atoms with Crippen molar-refractivity contribution in [2.75, 3.05) is 0 Å². The number of azo groups is 1. The molecule has 0 aliphatic carbocycles. The number of phenols is 2. The molecule has 0 amide bonds. The van der Waals surface area contributed by atoms with Gasteiger partial charge >= 0.3 is 0 Å². The van der Waals surface area contributed by atoms with Crippen molar-refractivity contribution in [1.82, 2.24) is 0 Å². The second-order valence-electron chi connectivity index (χ2n) is 4.85. The third kappa shape index (κ3) is 4.45. The number of fused-ring (bicyclic) bond motifs is 1. The zero-order chi connectivity index (χ0) is 17.8. The second-order valence-corrected chi connectivity index (χ2v) is 6.03. The molecule has 0 bridgehead atoms. The number of hydrogen-bond donors (Lipinski definition) is 3. The fourth-order valence-corrected chi connectivity index (χ4v) is 2.91. The Labute approximate surface area is 167 Å². The van der Waals surface area contributed by atoms with Gasteiger partial charge in [-0.3, -0.25) is 0 Å². The predicted molar refractivity (Wildman–Crippen MR) is 93.6 cm³/mol. The quantitative estimate of drug-likeness (QED) is 0.154. The van der Waals surface area contributed by atoms with Crippen LogP contribution in [0.4, 0.5) is 11.4 Å². The third-order valence-electron chi connectivity index (χ3n) is 3.31. The van der Waals surface area contributed by atoms with Crippen molar-refractivity contribution in [2.24, 2.45) is 10.2 Å². The molecule has 3 aromatic carbocycles. The van der Waals surface area contributed by atoms with Gasteiger partial charge in [-0.25, -0.2) is 5.26 Å². The molecule has 7 nitrogen and oxygen atoms in total. The Morgan fingerprint density at radius 2 is 1.77 bits per heavy atom. The monoisotopic (exact) mass is 436 g/mol. The predicted octanol–water partition coefficient (Wildman–Crippen LogP) is 5.75. The first-order chi connectivity index (χ1) is 12.1. The number of benzene rings is 3. The SMILES string of the molecule is OOOSc1cc(Cl)c(O)c(N=Nc2c(O)ccc3ccccc23)c1.[Ni]. The molecule has 0 fully saturated rings. The van der Waals surface area contributed by atoms with Crippen molar-refractivity contribution < 1.29 is 41.3 Å². The van der Waals surface area contributed by atoms with Crippen LogP contribution < -0.4 is 0 Å². The number of phenolic OH excluding ortho intramolecular Hbond substituents is 2. The summed E-state index contributed by atoms with van der Waals surface area (Å²) < 4.78 is 4.33. The van der Waals surface area contributed by atoms with E-state index in [1.54, 1.807) is 12.1 Å². The minimum atomic E-state index is -0.278. The first-order valence-corrected chi connectivity index (χ1v) is 8.02. The van der Waals surface area contributed by atoms with Crippen LogP contribution in [-0.4, -0.2) is 15.5 Å². The van der Waals surface area contributed by atoms with Gasteiger partial charge in [0.2, 0.25) is 0 Å². The zero-order valence-electron chi connectivity index (χ0n) is 12.8. The van der Waals surface area contributed by atoms with Gasteiger partial charge in [0.15, 0.2) is 5.75 Å². The van der Waals surface area contributed by atoms with Crippen LogP contribution in [0.5, 0.6) is 11.5 Å². The molecular formula is C16H11ClN2NiO5S. The molecule has 0 saturated carbocycles. The largest absolute Gasteiger partial charge is 0.506 e. The van der Waals surface area contributed by atoms with Crippen LogP contribution in [0, 0.1) is 0 Å². The topological polar surface area (TPSA) is 104 Å². The normalized spacial score (nSPS) is 11.0. The third-order valence-corrected chi connectivity index (χ3v) is 4.16. The smallest absolute Gasteiger partial charge is 0.161 e. The standard InChI is InChI=1S/C16H11ClN2O5S.Ni/c17-12-7-10(25-24-23-22)8-13(16(12)21)18-19-15-11-4-2-1-3-9(11)5-6-14(15)20;/h1-8,20-22H;. The molecule has 10 heteroatoms. The van der Waals surface area contributed by atoms with Crippen molar-refractivity contribution in [3.05, 3.63) is 53.6 Å². The van der Waals surface area contributed by atoms with Gasteiger partial charge < -0.3 is 10.2 Å². The molecular weight excluding hydrogens is 426 g/mol. The van der Waals surface area contributed by atoms with Gasteiger partial charge in [-0.15, -0.1) is 14.6 Å². The summed E-state index contributed by atoms with van der Waals surface area (Å²) in [5, 5.41) is 41.5. The van der Waals surface area contributed by atoms with E-state index in [-0.39, 0.29) is 44.4 Å². The number of halogens is 1. The Bertz CT molecular complexity index is 957. The molecule has 0 saturated heterocycles. The molecule has 3 N–H and O–H groups in total. The van der Waals surface area contributed by atoms with E-state index in [0.29, 0.717) is 22.3 Å². The summed E-state index contributed by atoms with van der Waals surface area (Å²) in [6, 6.07) is 13.5. The van der Waals surface area contributed by atoms with E-state index in [1.165, 1.54) is 18.2 Å². The molecule has 0 unspecified atom stereocenters. The summed E-state index contributed by atoms with van der Waals surface area (Å²) >= 11 is 6.60. The van der Waals surface area contributed by atoms with E-state index >= 15 is 0 Å². The zero-order valence-corrected chi connectivity index (χ0v) is 15.3. The fraction of sp³-hybridized carbons (Fsp3) is 0. The Hall–Kier alpha value is -1.87. The van der Waals surface area contributed by atoms with Crippen LogP contribution in [0.25, 0.3) is 10.8 Å². The van der Waals surface area contributed by atoms with Gasteiger partial charge in [-0.2, -0.15) is 0 Å². The summed E-state index contributed by atoms with van der Waals surface area (Å²) in [5.41, 5.74) is 0.325. The summed E-state index contributed by atoms with van der Waals surface area (Å²) in [5.74, 6) is -0.324. The summed E-state index contributed by atoms with van der Waals surface area (Å²) in [6.45, 7) is 0. The van der Waals surface area contributed by atoms with Gasteiger partial charge in [0.05, 0.1) is 17.1 Å². The fourth-order valence-electron chi connectivity index (χ4n) is 2.19. The van der Waals surface area contributed by atoms with Crippen LogP contribution in [0.2, 0.25) is 5.02 Å². The van der Waals surface area contributed by atoms with E-state index in [0.717, 1.165) is 5.39 Å². The van der Waals surface area contributed by atoms with Gasteiger partial charge in [0.25, 0.3) is 0 Å². The van der Waals surface area contributed by atoms with Gasteiger partial charge in [0.1, 0.15) is 17.1 Å². The Morgan fingerprint density at radius 1 is 1.00 bits per heavy atom. The maximum atomic E-state index is 10.1. The Kier molecular flexibility index (Phi) is 7.22. The molecule has 0 spiro atoms. The number of rotatable bonds is 5. The molecule has 0 radical (unpaired) electrons. The molecule has 0 aliphatic heterocycles. The maximum Gasteiger partial charge on any atom is 0.161 e. The summed E-state index contributed by atoms with van der Waals surface area (Å²) in [7, 11) is 0. The Morgan fingerprint density at radius 3 is 2.54 bits per heavy atom. The summed E-state index contributed by atoms with van der Waals surface area (Å²) in [6.07, 6.45) is 0. The van der Waals surface area contributed by atoms with Crippen molar-refractivity contribution >= 4 is 45.8 Å². The molecule has 0 atom stereocenters. The molecule has 3 rings (SSSR count). The molecule has 0 aliphatic rings. The van der Waals surface area contributed by atoms with E-state index in [4.69, 9.17) is 16.9 Å².